The lowest BCUT2D eigenvalue weighted by Crippen LogP contribution is -2.32. The number of nitro groups is 1. The van der Waals surface area contributed by atoms with Crippen LogP contribution in [0.15, 0.2) is 18.2 Å². The lowest BCUT2D eigenvalue weighted by Gasteiger charge is -2.30. The van der Waals surface area contributed by atoms with E-state index in [1.165, 1.54) is 12.1 Å². The van der Waals surface area contributed by atoms with E-state index in [9.17, 15) is 15.2 Å². The van der Waals surface area contributed by atoms with Crippen molar-refractivity contribution in [3.05, 3.63) is 33.9 Å². The van der Waals surface area contributed by atoms with E-state index in [4.69, 9.17) is 5.26 Å². The van der Waals surface area contributed by atoms with Crippen LogP contribution in [0.1, 0.15) is 32.3 Å². The molecule has 0 aromatic heterocycles. The standard InChI is InChI=1S/C14H19N3O3/c1-3-14(4-2,10-18)9-16-12-5-6-13(17(19)20)11(7-12)8-15/h5-7,16,18H,3-4,9-10H2,1-2H3. The second kappa shape index (κ2) is 6.87. The van der Waals surface area contributed by atoms with E-state index in [2.05, 4.69) is 5.32 Å². The van der Waals surface area contributed by atoms with Crippen molar-refractivity contribution in [3.63, 3.8) is 0 Å². The average Bonchev–Trinajstić information content (AvgIpc) is 2.48. The molecule has 0 saturated heterocycles. The molecule has 1 aromatic rings. The summed E-state index contributed by atoms with van der Waals surface area (Å²) in [7, 11) is 0. The molecule has 0 fully saturated rings. The Morgan fingerprint density at radius 2 is 2.10 bits per heavy atom. The Hall–Kier alpha value is -2.13. The first-order valence-corrected chi connectivity index (χ1v) is 6.55. The number of nitrogens with one attached hydrogen (secondary N) is 1. The fourth-order valence-electron chi connectivity index (χ4n) is 1.96. The van der Waals surface area contributed by atoms with Gasteiger partial charge in [-0.2, -0.15) is 5.26 Å². The molecule has 0 spiro atoms. The van der Waals surface area contributed by atoms with Gasteiger partial charge in [-0.05, 0) is 25.0 Å². The molecule has 0 atom stereocenters. The minimum atomic E-state index is -0.571. The first-order valence-electron chi connectivity index (χ1n) is 6.55. The number of benzene rings is 1. The summed E-state index contributed by atoms with van der Waals surface area (Å²) in [6, 6.07) is 6.18. The summed E-state index contributed by atoms with van der Waals surface area (Å²) in [6.45, 7) is 4.65. The highest BCUT2D eigenvalue weighted by atomic mass is 16.6. The van der Waals surface area contributed by atoms with E-state index in [1.54, 1.807) is 6.07 Å². The smallest absolute Gasteiger partial charge is 0.287 e. The van der Waals surface area contributed by atoms with Crippen molar-refractivity contribution >= 4 is 11.4 Å². The Labute approximate surface area is 118 Å². The number of nitro benzene ring substituents is 1. The van der Waals surface area contributed by atoms with Gasteiger partial charge < -0.3 is 10.4 Å². The van der Waals surface area contributed by atoms with Gasteiger partial charge in [0.15, 0.2) is 0 Å². The van der Waals surface area contributed by atoms with Gasteiger partial charge in [-0.3, -0.25) is 10.1 Å². The van der Waals surface area contributed by atoms with Gasteiger partial charge in [0.05, 0.1) is 11.5 Å². The molecule has 2 N–H and O–H groups in total. The van der Waals surface area contributed by atoms with Gasteiger partial charge in [0.25, 0.3) is 5.69 Å². The van der Waals surface area contributed by atoms with E-state index >= 15 is 0 Å². The molecule has 0 aliphatic carbocycles. The highest BCUT2D eigenvalue weighted by molar-refractivity contribution is 5.58. The normalized spacial score (nSPS) is 10.9. The maximum absolute atomic E-state index is 10.7. The van der Waals surface area contributed by atoms with E-state index in [-0.39, 0.29) is 23.3 Å². The minimum Gasteiger partial charge on any atom is -0.396 e. The molecule has 0 bridgehead atoms. The van der Waals surface area contributed by atoms with Crippen molar-refractivity contribution in [3.8, 4) is 6.07 Å². The number of nitrogens with zero attached hydrogens (tertiary/aromatic N) is 2. The molecule has 1 aromatic carbocycles. The van der Waals surface area contributed by atoms with E-state index in [0.717, 1.165) is 12.8 Å². The van der Waals surface area contributed by atoms with Crippen LogP contribution >= 0.6 is 0 Å². The molecule has 0 aliphatic heterocycles. The van der Waals surface area contributed by atoms with Crippen molar-refractivity contribution < 1.29 is 10.0 Å². The molecule has 0 amide bonds. The van der Waals surface area contributed by atoms with Crippen LogP contribution in [0.3, 0.4) is 0 Å². The van der Waals surface area contributed by atoms with Crippen molar-refractivity contribution in [1.29, 1.82) is 5.26 Å². The zero-order chi connectivity index (χ0) is 15.2. The van der Waals surface area contributed by atoms with Gasteiger partial charge in [-0.15, -0.1) is 0 Å². The Morgan fingerprint density at radius 3 is 2.55 bits per heavy atom. The van der Waals surface area contributed by atoms with Crippen LogP contribution in [0.2, 0.25) is 0 Å². The zero-order valence-corrected chi connectivity index (χ0v) is 11.7. The van der Waals surface area contributed by atoms with Gasteiger partial charge in [0.1, 0.15) is 11.6 Å². The number of aliphatic hydroxyl groups is 1. The summed E-state index contributed by atoms with van der Waals surface area (Å²) in [5.41, 5.74) is 0.265. The molecule has 6 heteroatoms. The Balaban J connectivity index is 2.90. The predicted molar refractivity (Wildman–Crippen MR) is 76.4 cm³/mol. The Morgan fingerprint density at radius 1 is 1.45 bits per heavy atom. The first-order chi connectivity index (χ1) is 9.51. The number of hydrogen-bond acceptors (Lipinski definition) is 5. The number of rotatable bonds is 7. The number of nitriles is 1. The summed E-state index contributed by atoms with van der Waals surface area (Å²) in [5.74, 6) is 0. The van der Waals surface area contributed by atoms with E-state index in [1.807, 2.05) is 19.9 Å². The van der Waals surface area contributed by atoms with Crippen molar-refractivity contribution in [2.24, 2.45) is 5.41 Å². The monoisotopic (exact) mass is 277 g/mol. The van der Waals surface area contributed by atoms with Crippen LogP contribution in [0, 0.1) is 26.9 Å². The van der Waals surface area contributed by atoms with Crippen molar-refractivity contribution in [2.75, 3.05) is 18.5 Å². The molecular formula is C14H19N3O3. The molecule has 0 aliphatic rings. The quantitative estimate of drug-likeness (QED) is 0.589. The molecule has 1 rings (SSSR count). The molecule has 0 radical (unpaired) electrons. The maximum Gasteiger partial charge on any atom is 0.287 e. The van der Waals surface area contributed by atoms with E-state index in [0.29, 0.717) is 12.2 Å². The van der Waals surface area contributed by atoms with Crippen LogP contribution in [0.4, 0.5) is 11.4 Å². The fourth-order valence-corrected chi connectivity index (χ4v) is 1.96. The van der Waals surface area contributed by atoms with Crippen LogP contribution in [-0.2, 0) is 0 Å². The van der Waals surface area contributed by atoms with Gasteiger partial charge >= 0.3 is 0 Å². The van der Waals surface area contributed by atoms with Crippen LogP contribution in [0.25, 0.3) is 0 Å². The fraction of sp³-hybridized carbons (Fsp3) is 0.500. The van der Waals surface area contributed by atoms with Gasteiger partial charge in [0.2, 0.25) is 0 Å². The Bertz CT molecular complexity index is 511. The van der Waals surface area contributed by atoms with Crippen molar-refractivity contribution in [2.45, 2.75) is 26.7 Å². The second-order valence-corrected chi connectivity index (χ2v) is 4.82. The third kappa shape index (κ3) is 3.45. The minimum absolute atomic E-state index is 0.0302. The highest BCUT2D eigenvalue weighted by Gasteiger charge is 2.25. The Kier molecular flexibility index (Phi) is 5.47. The molecule has 108 valence electrons. The largest absolute Gasteiger partial charge is 0.396 e. The summed E-state index contributed by atoms with van der Waals surface area (Å²) in [6.07, 6.45) is 1.65. The highest BCUT2D eigenvalue weighted by Crippen LogP contribution is 2.27. The molecule has 0 unspecified atom stereocenters. The molecule has 0 heterocycles. The van der Waals surface area contributed by atoms with Crippen LogP contribution < -0.4 is 5.32 Å². The zero-order valence-electron chi connectivity index (χ0n) is 11.7. The molecule has 0 saturated carbocycles. The maximum atomic E-state index is 10.7. The van der Waals surface area contributed by atoms with Crippen molar-refractivity contribution in [1.82, 2.24) is 0 Å². The van der Waals surface area contributed by atoms with Gasteiger partial charge in [-0.1, -0.05) is 13.8 Å². The molecule has 20 heavy (non-hydrogen) atoms. The molecule has 6 nitrogen and oxygen atoms in total. The van der Waals surface area contributed by atoms with Gasteiger partial charge in [-0.25, -0.2) is 0 Å². The summed E-state index contributed by atoms with van der Waals surface area (Å²) < 4.78 is 0. The summed E-state index contributed by atoms with van der Waals surface area (Å²) >= 11 is 0. The number of aliphatic hydroxyl groups excluding tert-OH is 1. The SMILES string of the molecule is CCC(CC)(CO)CNc1ccc([N+](=O)[O-])c(C#N)c1. The van der Waals surface area contributed by atoms with Gasteiger partial charge in [0, 0.05) is 23.7 Å². The summed E-state index contributed by atoms with van der Waals surface area (Å²) in [5, 5.41) is 32.3. The lowest BCUT2D eigenvalue weighted by molar-refractivity contribution is -0.385. The third-order valence-corrected chi connectivity index (χ3v) is 3.82. The molecular weight excluding hydrogens is 258 g/mol. The topological polar surface area (TPSA) is 99.2 Å². The summed E-state index contributed by atoms with van der Waals surface area (Å²) in [4.78, 5) is 10.2. The first kappa shape index (κ1) is 15.9. The third-order valence-electron chi connectivity index (χ3n) is 3.82. The second-order valence-electron chi connectivity index (χ2n) is 4.82. The average molecular weight is 277 g/mol. The van der Waals surface area contributed by atoms with E-state index < -0.39 is 4.92 Å². The lowest BCUT2D eigenvalue weighted by atomic mass is 9.83. The number of hydrogen-bond donors (Lipinski definition) is 2. The van der Waals surface area contributed by atoms with Crippen LogP contribution in [-0.4, -0.2) is 23.2 Å². The van der Waals surface area contributed by atoms with Crippen LogP contribution in [0.5, 0.6) is 0 Å². The predicted octanol–water partition coefficient (Wildman–Crippen LogP) is 2.68. The number of anilines is 1.